The van der Waals surface area contributed by atoms with Gasteiger partial charge in [-0.3, -0.25) is 4.79 Å². The summed E-state index contributed by atoms with van der Waals surface area (Å²) in [6.07, 6.45) is 2.28. The molecule has 0 aromatic carbocycles. The topological polar surface area (TPSA) is 95.1 Å². The summed E-state index contributed by atoms with van der Waals surface area (Å²) in [5, 5.41) is 14.9. The number of amides is 1. The summed E-state index contributed by atoms with van der Waals surface area (Å²) in [5.41, 5.74) is 4.76. The van der Waals surface area contributed by atoms with Gasteiger partial charge in [-0.25, -0.2) is 4.98 Å². The summed E-state index contributed by atoms with van der Waals surface area (Å²) >= 11 is 1.60. The van der Waals surface area contributed by atoms with Gasteiger partial charge in [0.05, 0.1) is 0 Å². The van der Waals surface area contributed by atoms with Crippen molar-refractivity contribution in [3.05, 3.63) is 11.6 Å². The SMILES string of the molecule is CCC(C)(C(=O)N1CCN(c2nccs2)CC1)/C(N)=N/O. The smallest absolute Gasteiger partial charge is 0.236 e. The van der Waals surface area contributed by atoms with Gasteiger partial charge < -0.3 is 20.7 Å². The molecule has 2 rings (SSSR count). The van der Waals surface area contributed by atoms with Crippen LogP contribution >= 0.6 is 11.3 Å². The standard InChI is InChI=1S/C13H21N5O2S/c1-3-13(2,10(14)16-20)11(19)17-5-7-18(8-6-17)12-15-4-9-21-12/h4,9,20H,3,5-8H2,1-2H3,(H2,14,16). The number of nitrogens with zero attached hydrogens (tertiary/aromatic N) is 4. The normalized spacial score (nSPS) is 19.4. The third kappa shape index (κ3) is 2.94. The van der Waals surface area contributed by atoms with Gasteiger partial charge >= 0.3 is 0 Å². The quantitative estimate of drug-likeness (QED) is 0.374. The molecule has 0 bridgehead atoms. The number of piperazine rings is 1. The lowest BCUT2D eigenvalue weighted by atomic mass is 9.84. The Hall–Kier alpha value is -1.83. The first kappa shape index (κ1) is 15.6. The molecule has 7 nitrogen and oxygen atoms in total. The van der Waals surface area contributed by atoms with Crippen LogP contribution in [0.5, 0.6) is 0 Å². The van der Waals surface area contributed by atoms with Crippen molar-refractivity contribution in [1.82, 2.24) is 9.88 Å². The second-order valence-electron chi connectivity index (χ2n) is 5.26. The molecule has 1 aromatic heterocycles. The molecule has 8 heteroatoms. The zero-order valence-corrected chi connectivity index (χ0v) is 13.1. The number of oxime groups is 1. The minimum atomic E-state index is -0.946. The molecule has 1 aromatic rings. The van der Waals surface area contributed by atoms with Gasteiger partial charge in [-0.2, -0.15) is 0 Å². The van der Waals surface area contributed by atoms with Crippen LogP contribution in [-0.4, -0.2) is 53.0 Å². The monoisotopic (exact) mass is 311 g/mol. The van der Waals surface area contributed by atoms with Gasteiger partial charge in [0.25, 0.3) is 0 Å². The van der Waals surface area contributed by atoms with Gasteiger partial charge in [0.1, 0.15) is 5.41 Å². The van der Waals surface area contributed by atoms with Crippen molar-refractivity contribution in [2.75, 3.05) is 31.1 Å². The Kier molecular flexibility index (Phi) is 4.66. The van der Waals surface area contributed by atoms with Crippen LogP contribution in [0.1, 0.15) is 20.3 Å². The minimum Gasteiger partial charge on any atom is -0.409 e. The molecule has 1 unspecified atom stereocenters. The molecule has 1 aliphatic rings. The van der Waals surface area contributed by atoms with Crippen LogP contribution in [0.2, 0.25) is 0 Å². The molecule has 1 fully saturated rings. The van der Waals surface area contributed by atoms with E-state index in [4.69, 9.17) is 10.9 Å². The van der Waals surface area contributed by atoms with Crippen LogP contribution in [0.25, 0.3) is 0 Å². The maximum absolute atomic E-state index is 12.7. The van der Waals surface area contributed by atoms with Crippen LogP contribution < -0.4 is 10.6 Å². The zero-order valence-electron chi connectivity index (χ0n) is 12.3. The molecular formula is C13H21N5O2S. The number of hydrogen-bond acceptors (Lipinski definition) is 6. The van der Waals surface area contributed by atoms with Crippen molar-refractivity contribution < 1.29 is 10.0 Å². The Labute approximate surface area is 128 Å². The third-order valence-electron chi connectivity index (χ3n) is 4.11. The molecule has 2 heterocycles. The number of carbonyl (C=O) groups excluding carboxylic acids is 1. The summed E-state index contributed by atoms with van der Waals surface area (Å²) in [6, 6.07) is 0. The highest BCUT2D eigenvalue weighted by atomic mass is 32.1. The van der Waals surface area contributed by atoms with Crippen molar-refractivity contribution in [1.29, 1.82) is 0 Å². The van der Waals surface area contributed by atoms with E-state index in [2.05, 4.69) is 15.0 Å². The van der Waals surface area contributed by atoms with E-state index in [0.29, 0.717) is 19.5 Å². The van der Waals surface area contributed by atoms with Crippen molar-refractivity contribution in [3.63, 3.8) is 0 Å². The second-order valence-corrected chi connectivity index (χ2v) is 6.14. The Bertz CT molecular complexity index is 511. The van der Waals surface area contributed by atoms with Crippen LogP contribution in [0.4, 0.5) is 5.13 Å². The molecular weight excluding hydrogens is 290 g/mol. The first-order chi connectivity index (χ1) is 10.0. The maximum atomic E-state index is 12.7. The molecule has 0 saturated carbocycles. The van der Waals surface area contributed by atoms with E-state index in [-0.39, 0.29) is 11.7 Å². The van der Waals surface area contributed by atoms with Crippen molar-refractivity contribution >= 4 is 28.2 Å². The lowest BCUT2D eigenvalue weighted by Crippen LogP contribution is -2.55. The van der Waals surface area contributed by atoms with E-state index in [1.54, 1.807) is 29.4 Å². The molecule has 3 N–H and O–H groups in total. The summed E-state index contributed by atoms with van der Waals surface area (Å²) in [7, 11) is 0. The number of nitrogens with two attached hydrogens (primary N) is 1. The summed E-state index contributed by atoms with van der Waals surface area (Å²) in [4.78, 5) is 20.9. The predicted octanol–water partition coefficient (Wildman–Crippen LogP) is 0.954. The second kappa shape index (κ2) is 6.30. The largest absolute Gasteiger partial charge is 0.409 e. The Morgan fingerprint density at radius 1 is 1.52 bits per heavy atom. The van der Waals surface area contributed by atoms with Gasteiger partial charge in [0.2, 0.25) is 5.91 Å². The van der Waals surface area contributed by atoms with Gasteiger partial charge in [-0.05, 0) is 13.3 Å². The van der Waals surface area contributed by atoms with Crippen LogP contribution in [-0.2, 0) is 4.79 Å². The molecule has 21 heavy (non-hydrogen) atoms. The molecule has 0 aliphatic carbocycles. The van der Waals surface area contributed by atoms with Crippen molar-refractivity contribution in [2.24, 2.45) is 16.3 Å². The van der Waals surface area contributed by atoms with E-state index >= 15 is 0 Å². The number of rotatable bonds is 4. The maximum Gasteiger partial charge on any atom is 0.236 e. The van der Waals surface area contributed by atoms with Gasteiger partial charge in [0.15, 0.2) is 11.0 Å². The van der Waals surface area contributed by atoms with E-state index in [9.17, 15) is 4.79 Å². The molecule has 0 radical (unpaired) electrons. The minimum absolute atomic E-state index is 0.0302. The Balaban J connectivity index is 2.03. The number of hydrogen-bond donors (Lipinski definition) is 2. The van der Waals surface area contributed by atoms with Gasteiger partial charge in [0, 0.05) is 37.8 Å². The Morgan fingerprint density at radius 3 is 2.67 bits per heavy atom. The number of amidine groups is 1. The Morgan fingerprint density at radius 2 is 2.19 bits per heavy atom. The number of anilines is 1. The van der Waals surface area contributed by atoms with Gasteiger partial charge in [-0.1, -0.05) is 12.1 Å². The molecule has 1 aliphatic heterocycles. The first-order valence-electron chi connectivity index (χ1n) is 6.94. The molecule has 0 spiro atoms. The lowest BCUT2D eigenvalue weighted by molar-refractivity contribution is -0.138. The molecule has 1 saturated heterocycles. The van der Waals surface area contributed by atoms with E-state index in [1.807, 2.05) is 12.3 Å². The van der Waals surface area contributed by atoms with Gasteiger partial charge in [-0.15, -0.1) is 11.3 Å². The number of carbonyl (C=O) groups is 1. The fraction of sp³-hybridized carbons (Fsp3) is 0.615. The van der Waals surface area contributed by atoms with E-state index < -0.39 is 5.41 Å². The summed E-state index contributed by atoms with van der Waals surface area (Å²) in [5.74, 6) is -0.114. The van der Waals surface area contributed by atoms with Crippen LogP contribution in [0.3, 0.4) is 0 Å². The number of aromatic nitrogens is 1. The summed E-state index contributed by atoms with van der Waals surface area (Å²) in [6.45, 7) is 6.31. The highest BCUT2D eigenvalue weighted by molar-refractivity contribution is 7.13. The van der Waals surface area contributed by atoms with Crippen LogP contribution in [0, 0.1) is 5.41 Å². The van der Waals surface area contributed by atoms with Crippen molar-refractivity contribution in [3.8, 4) is 0 Å². The fourth-order valence-electron chi connectivity index (χ4n) is 2.37. The highest BCUT2D eigenvalue weighted by Crippen LogP contribution is 2.26. The van der Waals surface area contributed by atoms with Crippen molar-refractivity contribution in [2.45, 2.75) is 20.3 Å². The summed E-state index contributed by atoms with van der Waals surface area (Å²) < 4.78 is 0. The van der Waals surface area contributed by atoms with E-state index in [1.165, 1.54) is 0 Å². The lowest BCUT2D eigenvalue weighted by Gasteiger charge is -2.39. The predicted molar refractivity (Wildman–Crippen MR) is 82.7 cm³/mol. The van der Waals surface area contributed by atoms with Crippen LogP contribution in [0.15, 0.2) is 16.7 Å². The molecule has 1 amide bonds. The average Bonchev–Trinajstić information content (AvgIpc) is 3.07. The third-order valence-corrected chi connectivity index (χ3v) is 4.94. The average molecular weight is 311 g/mol. The highest BCUT2D eigenvalue weighted by Gasteiger charge is 2.40. The number of thiazole rings is 1. The zero-order chi connectivity index (χ0) is 15.5. The molecule has 116 valence electrons. The van der Waals surface area contributed by atoms with E-state index in [0.717, 1.165) is 18.2 Å². The first-order valence-corrected chi connectivity index (χ1v) is 7.82. The fourth-order valence-corrected chi connectivity index (χ4v) is 3.07. The molecule has 1 atom stereocenters.